The fourth-order valence-electron chi connectivity index (χ4n) is 2.01. The summed E-state index contributed by atoms with van der Waals surface area (Å²) in [6.45, 7) is 1.83. The molecule has 0 aliphatic rings. The molecular weight excluding hydrogens is 311 g/mol. The van der Waals surface area contributed by atoms with Gasteiger partial charge in [0.1, 0.15) is 11.6 Å². The zero-order chi connectivity index (χ0) is 17.4. The van der Waals surface area contributed by atoms with Crippen LogP contribution in [0.2, 0.25) is 0 Å². The summed E-state index contributed by atoms with van der Waals surface area (Å²) in [6, 6.07) is 13.0. The van der Waals surface area contributed by atoms with Gasteiger partial charge in [-0.1, -0.05) is 31.2 Å². The number of rotatable bonds is 6. The van der Waals surface area contributed by atoms with E-state index in [0.717, 1.165) is 12.0 Å². The van der Waals surface area contributed by atoms with E-state index in [0.29, 0.717) is 11.3 Å². The Morgan fingerprint density at radius 3 is 2.42 bits per heavy atom. The predicted molar refractivity (Wildman–Crippen MR) is 87.7 cm³/mol. The van der Waals surface area contributed by atoms with Crippen molar-refractivity contribution >= 4 is 11.8 Å². The van der Waals surface area contributed by atoms with E-state index in [1.807, 2.05) is 25.1 Å². The molecule has 0 saturated heterocycles. The molecule has 0 saturated carbocycles. The van der Waals surface area contributed by atoms with E-state index in [9.17, 15) is 14.0 Å². The zero-order valence-electron chi connectivity index (χ0n) is 13.3. The number of carbonyl (C=O) groups is 2. The topological polar surface area (TPSA) is 67.4 Å². The van der Waals surface area contributed by atoms with Crippen LogP contribution in [0.4, 0.5) is 4.39 Å². The lowest BCUT2D eigenvalue weighted by Crippen LogP contribution is -2.44. The van der Waals surface area contributed by atoms with E-state index in [1.165, 1.54) is 24.3 Å². The molecule has 2 N–H and O–H groups in total. The molecule has 24 heavy (non-hydrogen) atoms. The summed E-state index contributed by atoms with van der Waals surface area (Å²) in [7, 11) is 0. The molecular formula is C18H19FN2O3. The first-order valence-corrected chi connectivity index (χ1v) is 7.60. The third-order valence-electron chi connectivity index (χ3n) is 3.30. The number of amides is 2. The van der Waals surface area contributed by atoms with Crippen LogP contribution in [-0.2, 0) is 22.4 Å². The van der Waals surface area contributed by atoms with Crippen molar-refractivity contribution in [3.8, 4) is 5.75 Å². The SMILES string of the molecule is CCc1cccc(OCC(=O)NNC(=O)Cc2ccc(F)cc2)c1. The van der Waals surface area contributed by atoms with E-state index in [4.69, 9.17) is 4.74 Å². The summed E-state index contributed by atoms with van der Waals surface area (Å²) in [5.74, 6) is -0.633. The first-order valence-electron chi connectivity index (χ1n) is 7.60. The first kappa shape index (κ1) is 17.5. The number of hydrogen-bond acceptors (Lipinski definition) is 3. The predicted octanol–water partition coefficient (Wildman–Crippen LogP) is 2.16. The largest absolute Gasteiger partial charge is 0.484 e. The quantitative estimate of drug-likeness (QED) is 0.798. The van der Waals surface area contributed by atoms with E-state index >= 15 is 0 Å². The molecule has 126 valence electrons. The second kappa shape index (κ2) is 8.67. The molecule has 0 radical (unpaired) electrons. The maximum atomic E-state index is 12.8. The number of carbonyl (C=O) groups excluding carboxylic acids is 2. The van der Waals surface area contributed by atoms with Crippen LogP contribution in [0, 0.1) is 5.82 Å². The average Bonchev–Trinajstić information content (AvgIpc) is 2.60. The molecule has 0 bridgehead atoms. The van der Waals surface area contributed by atoms with Gasteiger partial charge in [0, 0.05) is 0 Å². The number of halogens is 1. The number of benzene rings is 2. The lowest BCUT2D eigenvalue weighted by atomic mass is 10.1. The molecule has 0 heterocycles. The van der Waals surface area contributed by atoms with Gasteiger partial charge in [-0.15, -0.1) is 0 Å². The monoisotopic (exact) mass is 330 g/mol. The van der Waals surface area contributed by atoms with Gasteiger partial charge in [0.25, 0.3) is 5.91 Å². The van der Waals surface area contributed by atoms with Gasteiger partial charge in [0.2, 0.25) is 5.91 Å². The van der Waals surface area contributed by atoms with Gasteiger partial charge < -0.3 is 4.74 Å². The van der Waals surface area contributed by atoms with Crippen molar-refractivity contribution in [1.82, 2.24) is 10.9 Å². The van der Waals surface area contributed by atoms with E-state index in [1.54, 1.807) is 6.07 Å². The highest BCUT2D eigenvalue weighted by Crippen LogP contribution is 2.13. The summed E-state index contributed by atoms with van der Waals surface area (Å²) in [5, 5.41) is 0. The van der Waals surface area contributed by atoms with Crippen LogP contribution in [0.25, 0.3) is 0 Å². The van der Waals surface area contributed by atoms with Crippen molar-refractivity contribution < 1.29 is 18.7 Å². The Morgan fingerprint density at radius 1 is 1.00 bits per heavy atom. The lowest BCUT2D eigenvalue weighted by Gasteiger charge is -2.09. The van der Waals surface area contributed by atoms with Crippen LogP contribution in [-0.4, -0.2) is 18.4 Å². The van der Waals surface area contributed by atoms with Gasteiger partial charge in [-0.3, -0.25) is 20.4 Å². The molecule has 0 aliphatic carbocycles. The Balaban J connectivity index is 1.72. The molecule has 2 amide bonds. The van der Waals surface area contributed by atoms with E-state index in [2.05, 4.69) is 10.9 Å². The van der Waals surface area contributed by atoms with Crippen molar-refractivity contribution in [1.29, 1.82) is 0 Å². The van der Waals surface area contributed by atoms with Crippen molar-refractivity contribution in [2.24, 2.45) is 0 Å². The van der Waals surface area contributed by atoms with Crippen LogP contribution in [0.5, 0.6) is 5.75 Å². The first-order chi connectivity index (χ1) is 11.6. The molecule has 5 nitrogen and oxygen atoms in total. The molecule has 6 heteroatoms. The second-order valence-corrected chi connectivity index (χ2v) is 5.19. The van der Waals surface area contributed by atoms with Gasteiger partial charge in [-0.25, -0.2) is 4.39 Å². The van der Waals surface area contributed by atoms with Gasteiger partial charge in [0.05, 0.1) is 6.42 Å². The van der Waals surface area contributed by atoms with Gasteiger partial charge >= 0.3 is 0 Å². The van der Waals surface area contributed by atoms with Crippen LogP contribution < -0.4 is 15.6 Å². The van der Waals surface area contributed by atoms with Crippen molar-refractivity contribution in [3.05, 3.63) is 65.5 Å². The molecule has 0 spiro atoms. The minimum atomic E-state index is -0.468. The Morgan fingerprint density at radius 2 is 1.71 bits per heavy atom. The molecule has 0 atom stereocenters. The van der Waals surface area contributed by atoms with Crippen LogP contribution in [0.1, 0.15) is 18.1 Å². The third-order valence-corrected chi connectivity index (χ3v) is 3.30. The number of ether oxygens (including phenoxy) is 1. The third kappa shape index (κ3) is 5.72. The van der Waals surface area contributed by atoms with Crippen molar-refractivity contribution in [2.45, 2.75) is 19.8 Å². The Hall–Kier alpha value is -2.89. The number of hydrogen-bond donors (Lipinski definition) is 2. The molecule has 0 aliphatic heterocycles. The fourth-order valence-corrected chi connectivity index (χ4v) is 2.01. The average molecular weight is 330 g/mol. The summed E-state index contributed by atoms with van der Waals surface area (Å²) in [5.41, 5.74) is 6.33. The van der Waals surface area contributed by atoms with Crippen molar-refractivity contribution in [3.63, 3.8) is 0 Å². The normalized spacial score (nSPS) is 10.1. The lowest BCUT2D eigenvalue weighted by molar-refractivity contribution is -0.129. The van der Waals surface area contributed by atoms with Crippen LogP contribution in [0.3, 0.4) is 0 Å². The summed E-state index contributed by atoms with van der Waals surface area (Å²) < 4.78 is 18.1. The highest BCUT2D eigenvalue weighted by molar-refractivity contribution is 5.83. The maximum absolute atomic E-state index is 12.8. The van der Waals surface area contributed by atoms with Crippen LogP contribution in [0.15, 0.2) is 48.5 Å². The molecule has 0 aromatic heterocycles. The van der Waals surface area contributed by atoms with E-state index < -0.39 is 11.8 Å². The summed E-state index contributed by atoms with van der Waals surface area (Å²) in [6.07, 6.45) is 0.919. The molecule has 0 fully saturated rings. The second-order valence-electron chi connectivity index (χ2n) is 5.19. The standard InChI is InChI=1S/C18H19FN2O3/c1-2-13-4-3-5-16(10-13)24-12-18(23)21-20-17(22)11-14-6-8-15(19)9-7-14/h3-10H,2,11-12H2,1H3,(H,20,22)(H,21,23). The summed E-state index contributed by atoms with van der Waals surface area (Å²) in [4.78, 5) is 23.4. The van der Waals surface area contributed by atoms with Gasteiger partial charge in [-0.2, -0.15) is 0 Å². The Labute approximate surface area is 139 Å². The molecule has 0 unspecified atom stereocenters. The minimum absolute atomic E-state index is 0.0416. The Bertz CT molecular complexity index is 702. The Kier molecular flexibility index (Phi) is 6.31. The number of hydrazine groups is 1. The van der Waals surface area contributed by atoms with Gasteiger partial charge in [-0.05, 0) is 41.8 Å². The maximum Gasteiger partial charge on any atom is 0.276 e. The molecule has 2 aromatic rings. The number of nitrogens with one attached hydrogen (secondary N) is 2. The smallest absolute Gasteiger partial charge is 0.276 e. The van der Waals surface area contributed by atoms with E-state index in [-0.39, 0.29) is 18.8 Å². The summed E-state index contributed by atoms with van der Waals surface area (Å²) >= 11 is 0. The fraction of sp³-hybridized carbons (Fsp3) is 0.222. The highest BCUT2D eigenvalue weighted by atomic mass is 19.1. The molecule has 2 rings (SSSR count). The van der Waals surface area contributed by atoms with Crippen molar-refractivity contribution in [2.75, 3.05) is 6.61 Å². The number of aryl methyl sites for hydroxylation is 1. The van der Waals surface area contributed by atoms with Gasteiger partial charge in [0.15, 0.2) is 6.61 Å². The zero-order valence-corrected chi connectivity index (χ0v) is 13.3. The van der Waals surface area contributed by atoms with Crippen LogP contribution >= 0.6 is 0 Å². The minimum Gasteiger partial charge on any atom is -0.484 e. The molecule has 2 aromatic carbocycles. The highest BCUT2D eigenvalue weighted by Gasteiger charge is 2.07.